The van der Waals surface area contributed by atoms with Gasteiger partial charge in [-0.15, -0.1) is 0 Å². The standard InChI is InChI=1S/C19H18ClN3O3/c20-15-6-8-16(9-7-15)23-12-14(10-22-23)19(25)21-11-17(24)13-26-18-4-2-1-3-5-18/h1-10,12,17,24H,11,13H2,(H,21,25)/t17-/m0/s1. The molecule has 2 aromatic carbocycles. The monoisotopic (exact) mass is 371 g/mol. The summed E-state index contributed by atoms with van der Waals surface area (Å²) in [5.74, 6) is 0.353. The average Bonchev–Trinajstić information content (AvgIpc) is 3.16. The summed E-state index contributed by atoms with van der Waals surface area (Å²) in [6.45, 7) is 0.173. The molecule has 1 heterocycles. The van der Waals surface area contributed by atoms with Crippen LogP contribution in [-0.4, -0.2) is 40.0 Å². The third-order valence-corrected chi connectivity index (χ3v) is 3.87. The highest BCUT2D eigenvalue weighted by molar-refractivity contribution is 6.30. The number of aliphatic hydroxyl groups excluding tert-OH is 1. The van der Waals surface area contributed by atoms with Gasteiger partial charge in [-0.25, -0.2) is 4.68 Å². The van der Waals surface area contributed by atoms with Crippen molar-refractivity contribution < 1.29 is 14.6 Å². The van der Waals surface area contributed by atoms with E-state index in [0.717, 1.165) is 5.69 Å². The molecule has 26 heavy (non-hydrogen) atoms. The predicted octanol–water partition coefficient (Wildman–Crippen LogP) is 2.70. The van der Waals surface area contributed by atoms with Crippen LogP contribution in [0.3, 0.4) is 0 Å². The minimum Gasteiger partial charge on any atom is -0.491 e. The number of hydrogen-bond acceptors (Lipinski definition) is 4. The van der Waals surface area contributed by atoms with Crippen LogP contribution in [0, 0.1) is 0 Å². The Morgan fingerprint density at radius 2 is 1.92 bits per heavy atom. The number of ether oxygens (including phenoxy) is 1. The van der Waals surface area contributed by atoms with E-state index in [1.165, 1.54) is 6.20 Å². The van der Waals surface area contributed by atoms with Gasteiger partial charge in [0.05, 0.1) is 17.4 Å². The smallest absolute Gasteiger partial charge is 0.254 e. The van der Waals surface area contributed by atoms with E-state index in [1.807, 2.05) is 30.3 Å². The Morgan fingerprint density at radius 3 is 2.65 bits per heavy atom. The van der Waals surface area contributed by atoms with Crippen LogP contribution in [0.4, 0.5) is 0 Å². The van der Waals surface area contributed by atoms with Crippen molar-refractivity contribution in [3.8, 4) is 11.4 Å². The molecule has 1 aromatic heterocycles. The van der Waals surface area contributed by atoms with Crippen molar-refractivity contribution >= 4 is 17.5 Å². The Labute approximate surface area is 156 Å². The maximum atomic E-state index is 12.2. The maximum Gasteiger partial charge on any atom is 0.254 e. The lowest BCUT2D eigenvalue weighted by Gasteiger charge is -2.12. The van der Waals surface area contributed by atoms with E-state index in [4.69, 9.17) is 16.3 Å². The lowest BCUT2D eigenvalue weighted by molar-refractivity contribution is 0.0843. The van der Waals surface area contributed by atoms with E-state index in [9.17, 15) is 9.90 Å². The molecule has 0 aliphatic heterocycles. The molecular weight excluding hydrogens is 354 g/mol. The normalized spacial score (nSPS) is 11.8. The molecule has 0 aliphatic rings. The quantitative estimate of drug-likeness (QED) is 0.669. The van der Waals surface area contributed by atoms with Crippen LogP contribution in [-0.2, 0) is 0 Å². The molecule has 1 atom stereocenters. The summed E-state index contributed by atoms with van der Waals surface area (Å²) in [7, 11) is 0. The van der Waals surface area contributed by atoms with Gasteiger partial charge < -0.3 is 15.2 Å². The van der Waals surface area contributed by atoms with Gasteiger partial charge >= 0.3 is 0 Å². The summed E-state index contributed by atoms with van der Waals surface area (Å²) in [6.07, 6.45) is 2.27. The van der Waals surface area contributed by atoms with Gasteiger partial charge in [0.2, 0.25) is 0 Å². The highest BCUT2D eigenvalue weighted by atomic mass is 35.5. The fourth-order valence-corrected chi connectivity index (χ4v) is 2.38. The summed E-state index contributed by atoms with van der Waals surface area (Å²) in [5.41, 5.74) is 1.20. The van der Waals surface area contributed by atoms with Crippen LogP contribution >= 0.6 is 11.6 Å². The van der Waals surface area contributed by atoms with E-state index >= 15 is 0 Å². The van der Waals surface area contributed by atoms with Gasteiger partial charge in [-0.3, -0.25) is 4.79 Å². The maximum absolute atomic E-state index is 12.2. The van der Waals surface area contributed by atoms with E-state index in [-0.39, 0.29) is 19.1 Å². The Bertz CT molecular complexity index is 850. The minimum atomic E-state index is -0.814. The van der Waals surface area contributed by atoms with Crippen molar-refractivity contribution in [3.63, 3.8) is 0 Å². The lowest BCUT2D eigenvalue weighted by Crippen LogP contribution is -2.35. The van der Waals surface area contributed by atoms with E-state index in [1.54, 1.807) is 35.1 Å². The van der Waals surface area contributed by atoms with E-state index in [0.29, 0.717) is 16.3 Å². The molecule has 2 N–H and O–H groups in total. The molecule has 0 spiro atoms. The molecule has 0 fully saturated rings. The minimum absolute atomic E-state index is 0.0811. The number of halogens is 1. The number of benzene rings is 2. The molecule has 7 heteroatoms. The summed E-state index contributed by atoms with van der Waals surface area (Å²) in [4.78, 5) is 12.2. The number of nitrogens with one attached hydrogen (secondary N) is 1. The van der Waals surface area contributed by atoms with Crippen LogP contribution in [0.2, 0.25) is 5.02 Å². The third kappa shape index (κ3) is 4.84. The second-order valence-electron chi connectivity index (χ2n) is 5.64. The Balaban J connectivity index is 1.49. The molecule has 0 saturated carbocycles. The van der Waals surface area contributed by atoms with Crippen molar-refractivity contribution in [2.24, 2.45) is 0 Å². The van der Waals surface area contributed by atoms with Gasteiger partial charge in [0.25, 0.3) is 5.91 Å². The fourth-order valence-electron chi connectivity index (χ4n) is 2.26. The number of rotatable bonds is 7. The van der Waals surface area contributed by atoms with Crippen LogP contribution in [0.5, 0.6) is 5.75 Å². The number of para-hydroxylation sites is 1. The zero-order valence-electron chi connectivity index (χ0n) is 13.9. The molecule has 0 aliphatic carbocycles. The molecular formula is C19H18ClN3O3. The Kier molecular flexibility index (Phi) is 5.88. The van der Waals surface area contributed by atoms with Crippen molar-refractivity contribution in [1.82, 2.24) is 15.1 Å². The molecule has 6 nitrogen and oxygen atoms in total. The number of amides is 1. The summed E-state index contributed by atoms with van der Waals surface area (Å²) in [5, 5.41) is 17.4. The molecule has 0 unspecified atom stereocenters. The topological polar surface area (TPSA) is 76.4 Å². The number of carbonyl (C=O) groups excluding carboxylic acids is 1. The zero-order valence-corrected chi connectivity index (χ0v) is 14.6. The lowest BCUT2D eigenvalue weighted by atomic mass is 10.3. The molecule has 3 rings (SSSR count). The highest BCUT2D eigenvalue weighted by Gasteiger charge is 2.12. The average molecular weight is 372 g/mol. The van der Waals surface area contributed by atoms with Crippen molar-refractivity contribution in [3.05, 3.63) is 77.6 Å². The van der Waals surface area contributed by atoms with E-state index in [2.05, 4.69) is 10.4 Å². The Morgan fingerprint density at radius 1 is 1.19 bits per heavy atom. The van der Waals surface area contributed by atoms with Gasteiger partial charge in [-0.2, -0.15) is 5.10 Å². The highest BCUT2D eigenvalue weighted by Crippen LogP contribution is 2.13. The van der Waals surface area contributed by atoms with Gasteiger partial charge in [-0.05, 0) is 36.4 Å². The SMILES string of the molecule is O=C(NC[C@H](O)COc1ccccc1)c1cnn(-c2ccc(Cl)cc2)c1. The second-order valence-corrected chi connectivity index (χ2v) is 6.07. The third-order valence-electron chi connectivity index (χ3n) is 3.62. The molecule has 134 valence electrons. The van der Waals surface area contributed by atoms with Crippen molar-refractivity contribution in [2.45, 2.75) is 6.10 Å². The number of nitrogens with zero attached hydrogens (tertiary/aromatic N) is 2. The predicted molar refractivity (Wildman–Crippen MR) is 98.9 cm³/mol. The summed E-state index contributed by atoms with van der Waals surface area (Å²) in [6, 6.07) is 16.3. The summed E-state index contributed by atoms with van der Waals surface area (Å²) < 4.78 is 7.03. The molecule has 0 saturated heterocycles. The number of aromatic nitrogens is 2. The van der Waals surface area contributed by atoms with Gasteiger partial charge in [0.1, 0.15) is 18.5 Å². The number of aliphatic hydroxyl groups is 1. The number of carbonyl (C=O) groups is 1. The number of hydrogen-bond donors (Lipinski definition) is 2. The first-order valence-corrected chi connectivity index (χ1v) is 8.44. The van der Waals surface area contributed by atoms with Crippen LogP contribution in [0.1, 0.15) is 10.4 Å². The van der Waals surface area contributed by atoms with Gasteiger partial charge in [-0.1, -0.05) is 29.8 Å². The first-order chi connectivity index (χ1) is 12.6. The first-order valence-electron chi connectivity index (χ1n) is 8.06. The van der Waals surface area contributed by atoms with Crippen LogP contribution in [0.15, 0.2) is 67.0 Å². The van der Waals surface area contributed by atoms with Gasteiger partial charge in [0, 0.05) is 17.8 Å². The molecule has 0 radical (unpaired) electrons. The summed E-state index contributed by atoms with van der Waals surface area (Å²) >= 11 is 5.86. The largest absolute Gasteiger partial charge is 0.491 e. The molecule has 3 aromatic rings. The fraction of sp³-hybridized carbons (Fsp3) is 0.158. The van der Waals surface area contributed by atoms with E-state index < -0.39 is 6.10 Å². The zero-order chi connectivity index (χ0) is 18.4. The van der Waals surface area contributed by atoms with Crippen LogP contribution in [0.25, 0.3) is 5.69 Å². The van der Waals surface area contributed by atoms with Gasteiger partial charge in [0.15, 0.2) is 0 Å². The van der Waals surface area contributed by atoms with Crippen LogP contribution < -0.4 is 10.1 Å². The second kappa shape index (κ2) is 8.51. The van der Waals surface area contributed by atoms with Crippen molar-refractivity contribution in [1.29, 1.82) is 0 Å². The molecule has 1 amide bonds. The Hall–Kier alpha value is -2.83. The van der Waals surface area contributed by atoms with Crippen molar-refractivity contribution in [2.75, 3.05) is 13.2 Å². The molecule has 0 bridgehead atoms. The first kappa shape index (κ1) is 18.0.